The molecule has 1 aliphatic heterocycles. The second-order valence-electron chi connectivity index (χ2n) is 8.48. The summed E-state index contributed by atoms with van der Waals surface area (Å²) in [7, 11) is 1.34. The molecule has 7 nitrogen and oxygen atoms in total. The molecule has 0 unspecified atom stereocenters. The standard InChI is InChI=1S/C22H30N2O5/c1-14(23-21(26)29-22(2,3)4)11-16-17-12-15(28-13-20(25)27-5)8-9-19(17)24-10-6-7-18(16)24/h8-9,12,14H,6-7,10-11,13H2,1-5H3,(H,23,26)/t14-/m0/s1. The second-order valence-corrected chi connectivity index (χ2v) is 8.48. The van der Waals surface area contributed by atoms with Gasteiger partial charge in [-0.15, -0.1) is 0 Å². The number of methoxy groups -OCH3 is 1. The lowest BCUT2D eigenvalue weighted by molar-refractivity contribution is -0.142. The van der Waals surface area contributed by atoms with E-state index in [1.54, 1.807) is 0 Å². The van der Waals surface area contributed by atoms with E-state index in [2.05, 4.69) is 14.6 Å². The van der Waals surface area contributed by atoms with E-state index in [1.807, 2.05) is 45.9 Å². The number of aromatic nitrogens is 1. The summed E-state index contributed by atoms with van der Waals surface area (Å²) in [6.07, 6.45) is 2.42. The molecule has 1 amide bonds. The van der Waals surface area contributed by atoms with Gasteiger partial charge in [-0.3, -0.25) is 0 Å². The third-order valence-corrected chi connectivity index (χ3v) is 4.91. The van der Waals surface area contributed by atoms with Crippen LogP contribution in [0.4, 0.5) is 4.79 Å². The molecule has 0 saturated carbocycles. The molecule has 7 heteroatoms. The number of nitrogens with zero attached hydrogens (tertiary/aromatic N) is 1. The van der Waals surface area contributed by atoms with E-state index in [0.717, 1.165) is 30.3 Å². The zero-order valence-corrected chi connectivity index (χ0v) is 17.8. The van der Waals surface area contributed by atoms with Crippen LogP contribution in [0.3, 0.4) is 0 Å². The fraction of sp³-hybridized carbons (Fsp3) is 0.545. The molecule has 158 valence electrons. The Balaban J connectivity index is 1.82. The average molecular weight is 402 g/mol. The van der Waals surface area contributed by atoms with Crippen LogP contribution in [0, 0.1) is 0 Å². The monoisotopic (exact) mass is 402 g/mol. The van der Waals surface area contributed by atoms with E-state index in [0.29, 0.717) is 12.2 Å². The highest BCUT2D eigenvalue weighted by Crippen LogP contribution is 2.34. The second kappa shape index (κ2) is 8.35. The minimum atomic E-state index is -0.528. The Bertz CT molecular complexity index is 910. The van der Waals surface area contributed by atoms with Gasteiger partial charge in [-0.1, -0.05) is 0 Å². The van der Waals surface area contributed by atoms with Crippen molar-refractivity contribution in [3.05, 3.63) is 29.5 Å². The van der Waals surface area contributed by atoms with Crippen LogP contribution in [0.15, 0.2) is 18.2 Å². The Hall–Kier alpha value is -2.70. The summed E-state index contributed by atoms with van der Waals surface area (Å²) in [5.74, 6) is 0.209. The summed E-state index contributed by atoms with van der Waals surface area (Å²) >= 11 is 0. The van der Waals surface area contributed by atoms with Crippen LogP contribution in [-0.2, 0) is 33.7 Å². The molecule has 0 saturated heterocycles. The highest BCUT2D eigenvalue weighted by atomic mass is 16.6. The Morgan fingerprint density at radius 1 is 1.28 bits per heavy atom. The molecule has 1 aliphatic rings. The summed E-state index contributed by atoms with van der Waals surface area (Å²) in [6, 6.07) is 5.80. The van der Waals surface area contributed by atoms with Gasteiger partial charge in [0.1, 0.15) is 11.4 Å². The molecule has 2 heterocycles. The number of nitrogens with one attached hydrogen (secondary N) is 1. The van der Waals surface area contributed by atoms with Gasteiger partial charge in [-0.25, -0.2) is 9.59 Å². The maximum atomic E-state index is 12.1. The van der Waals surface area contributed by atoms with Crippen molar-refractivity contribution < 1.29 is 23.8 Å². The van der Waals surface area contributed by atoms with Crippen molar-refractivity contribution in [2.45, 2.75) is 65.1 Å². The van der Waals surface area contributed by atoms with E-state index in [9.17, 15) is 9.59 Å². The molecular formula is C22H30N2O5. The SMILES string of the molecule is COC(=O)COc1ccc2c(c1)c(C[C@H](C)NC(=O)OC(C)(C)C)c1n2CCC1. The third kappa shape index (κ3) is 5.02. The minimum absolute atomic E-state index is 0.0830. The molecule has 1 aromatic carbocycles. The van der Waals surface area contributed by atoms with E-state index in [4.69, 9.17) is 9.47 Å². The van der Waals surface area contributed by atoms with Crippen molar-refractivity contribution in [2.24, 2.45) is 0 Å². The topological polar surface area (TPSA) is 78.8 Å². The molecule has 2 aromatic rings. The highest BCUT2D eigenvalue weighted by molar-refractivity contribution is 5.87. The average Bonchev–Trinajstić information content (AvgIpc) is 3.20. The molecule has 0 radical (unpaired) electrons. The van der Waals surface area contributed by atoms with Crippen LogP contribution in [0.5, 0.6) is 5.75 Å². The van der Waals surface area contributed by atoms with Crippen molar-refractivity contribution in [3.8, 4) is 5.75 Å². The van der Waals surface area contributed by atoms with Gasteiger partial charge in [0, 0.05) is 29.2 Å². The first-order chi connectivity index (χ1) is 13.7. The maximum absolute atomic E-state index is 12.1. The van der Waals surface area contributed by atoms with Crippen LogP contribution in [0.1, 0.15) is 45.4 Å². The molecule has 29 heavy (non-hydrogen) atoms. The predicted molar refractivity (Wildman–Crippen MR) is 110 cm³/mol. The number of hydrogen-bond acceptors (Lipinski definition) is 5. The smallest absolute Gasteiger partial charge is 0.407 e. The number of amides is 1. The minimum Gasteiger partial charge on any atom is -0.482 e. The summed E-state index contributed by atoms with van der Waals surface area (Å²) in [5.41, 5.74) is 3.15. The Morgan fingerprint density at radius 3 is 2.72 bits per heavy atom. The lowest BCUT2D eigenvalue weighted by Gasteiger charge is -2.22. The number of hydrogen-bond donors (Lipinski definition) is 1. The van der Waals surface area contributed by atoms with E-state index in [1.165, 1.54) is 18.4 Å². The van der Waals surface area contributed by atoms with E-state index >= 15 is 0 Å². The first-order valence-corrected chi connectivity index (χ1v) is 10.0. The quantitative estimate of drug-likeness (QED) is 0.747. The van der Waals surface area contributed by atoms with Gasteiger partial charge in [0.25, 0.3) is 0 Å². The summed E-state index contributed by atoms with van der Waals surface area (Å²) in [6.45, 7) is 8.39. The van der Waals surface area contributed by atoms with Crippen LogP contribution in [0.25, 0.3) is 10.9 Å². The van der Waals surface area contributed by atoms with Gasteiger partial charge in [-0.2, -0.15) is 0 Å². The van der Waals surface area contributed by atoms with Crippen molar-refractivity contribution in [2.75, 3.05) is 13.7 Å². The zero-order chi connectivity index (χ0) is 21.2. The Labute approximate surface area is 171 Å². The number of rotatable bonds is 6. The van der Waals surface area contributed by atoms with Gasteiger partial charge in [0.15, 0.2) is 6.61 Å². The summed E-state index contributed by atoms with van der Waals surface area (Å²) in [5, 5.41) is 4.03. The predicted octanol–water partition coefficient (Wildman–Crippen LogP) is 3.60. The lowest BCUT2D eigenvalue weighted by atomic mass is 10.0. The number of fused-ring (bicyclic) bond motifs is 3. The number of carbonyl (C=O) groups excluding carboxylic acids is 2. The molecule has 0 aliphatic carbocycles. The number of carbonyl (C=O) groups is 2. The van der Waals surface area contributed by atoms with Crippen molar-refractivity contribution in [1.29, 1.82) is 0 Å². The number of esters is 1. The molecular weight excluding hydrogens is 372 g/mol. The molecule has 1 atom stereocenters. The fourth-order valence-electron chi connectivity index (χ4n) is 3.79. The van der Waals surface area contributed by atoms with Gasteiger partial charge in [0.2, 0.25) is 0 Å². The van der Waals surface area contributed by atoms with Crippen molar-refractivity contribution in [3.63, 3.8) is 0 Å². The maximum Gasteiger partial charge on any atom is 0.407 e. The first kappa shape index (κ1) is 21.0. The van der Waals surface area contributed by atoms with Gasteiger partial charge < -0.3 is 24.1 Å². The zero-order valence-electron chi connectivity index (χ0n) is 17.8. The number of aryl methyl sites for hydroxylation is 1. The molecule has 0 spiro atoms. The number of ether oxygens (including phenoxy) is 3. The normalized spacial score (nSPS) is 14.4. The van der Waals surface area contributed by atoms with Crippen LogP contribution in [0.2, 0.25) is 0 Å². The highest BCUT2D eigenvalue weighted by Gasteiger charge is 2.24. The van der Waals surface area contributed by atoms with Crippen molar-refractivity contribution >= 4 is 23.0 Å². The summed E-state index contributed by atoms with van der Waals surface area (Å²) < 4.78 is 17.9. The summed E-state index contributed by atoms with van der Waals surface area (Å²) in [4.78, 5) is 23.5. The molecule has 0 fully saturated rings. The molecule has 1 aromatic heterocycles. The van der Waals surface area contributed by atoms with Crippen LogP contribution in [-0.4, -0.2) is 42.0 Å². The molecule has 3 rings (SSSR count). The van der Waals surface area contributed by atoms with Gasteiger partial charge in [0.05, 0.1) is 7.11 Å². The first-order valence-electron chi connectivity index (χ1n) is 10.0. The van der Waals surface area contributed by atoms with Crippen LogP contribution >= 0.6 is 0 Å². The van der Waals surface area contributed by atoms with E-state index < -0.39 is 17.7 Å². The van der Waals surface area contributed by atoms with Crippen molar-refractivity contribution in [1.82, 2.24) is 9.88 Å². The molecule has 1 N–H and O–H groups in total. The Morgan fingerprint density at radius 2 is 2.03 bits per heavy atom. The lowest BCUT2D eigenvalue weighted by Crippen LogP contribution is -2.38. The van der Waals surface area contributed by atoms with Crippen LogP contribution < -0.4 is 10.1 Å². The number of benzene rings is 1. The third-order valence-electron chi connectivity index (χ3n) is 4.91. The number of alkyl carbamates (subject to hydrolysis) is 1. The van der Waals surface area contributed by atoms with Gasteiger partial charge >= 0.3 is 12.1 Å². The fourth-order valence-corrected chi connectivity index (χ4v) is 3.79. The van der Waals surface area contributed by atoms with E-state index in [-0.39, 0.29) is 12.6 Å². The Kier molecular flexibility index (Phi) is 6.05. The largest absolute Gasteiger partial charge is 0.482 e. The molecule has 0 bridgehead atoms. The van der Waals surface area contributed by atoms with Gasteiger partial charge in [-0.05, 0) is 70.7 Å².